The molecule has 0 saturated carbocycles. The lowest BCUT2D eigenvalue weighted by Gasteiger charge is -2.08. The van der Waals surface area contributed by atoms with Gasteiger partial charge in [-0.05, 0) is 36.8 Å². The summed E-state index contributed by atoms with van der Waals surface area (Å²) in [7, 11) is 0. The molecular weight excluding hydrogens is 250 g/mol. The zero-order valence-electron chi connectivity index (χ0n) is 10.9. The monoisotopic (exact) mass is 261 g/mol. The van der Waals surface area contributed by atoms with Gasteiger partial charge < -0.3 is 0 Å². The molecule has 0 unspecified atom stereocenters. The highest BCUT2D eigenvalue weighted by Crippen LogP contribution is 2.23. The van der Waals surface area contributed by atoms with E-state index in [9.17, 15) is 0 Å². The van der Waals surface area contributed by atoms with Crippen LogP contribution in [0.15, 0.2) is 49.1 Å². The second-order valence-electron chi connectivity index (χ2n) is 4.36. The van der Waals surface area contributed by atoms with E-state index >= 15 is 0 Å². The summed E-state index contributed by atoms with van der Waals surface area (Å²) in [4.78, 5) is 4.55. The summed E-state index contributed by atoms with van der Waals surface area (Å²) in [5, 5.41) is 16.4. The molecule has 5 nitrogen and oxygen atoms in total. The summed E-state index contributed by atoms with van der Waals surface area (Å²) >= 11 is 0. The summed E-state index contributed by atoms with van der Waals surface area (Å²) in [6.07, 6.45) is 3.23. The lowest BCUT2D eigenvalue weighted by molar-refractivity contribution is 0.975. The number of hydrogen-bond donors (Lipinski definition) is 0. The zero-order chi connectivity index (χ0) is 13.9. The number of rotatable bonds is 2. The smallest absolute Gasteiger partial charge is 0.139 e. The average molecular weight is 261 g/mol. The van der Waals surface area contributed by atoms with Crippen LogP contribution in [0.25, 0.3) is 16.9 Å². The van der Waals surface area contributed by atoms with Gasteiger partial charge in [0.15, 0.2) is 0 Å². The minimum atomic E-state index is 0.653. The van der Waals surface area contributed by atoms with Gasteiger partial charge in [-0.3, -0.25) is 4.57 Å². The molecule has 0 aliphatic heterocycles. The van der Waals surface area contributed by atoms with Crippen molar-refractivity contribution in [1.82, 2.24) is 19.7 Å². The molecule has 0 N–H and O–H groups in total. The summed E-state index contributed by atoms with van der Waals surface area (Å²) in [6.45, 7) is 1.96. The molecule has 0 spiro atoms. The van der Waals surface area contributed by atoms with Gasteiger partial charge in [-0.25, -0.2) is 4.98 Å². The molecule has 2 heterocycles. The Morgan fingerprint density at radius 2 is 1.70 bits per heavy atom. The van der Waals surface area contributed by atoms with Gasteiger partial charge in [0.05, 0.1) is 11.6 Å². The van der Waals surface area contributed by atoms with Crippen LogP contribution in [0, 0.1) is 18.3 Å². The molecule has 0 fully saturated rings. The van der Waals surface area contributed by atoms with Crippen molar-refractivity contribution in [3.63, 3.8) is 0 Å². The number of pyridine rings is 1. The number of aromatic nitrogens is 4. The summed E-state index contributed by atoms with van der Waals surface area (Å²) in [6, 6.07) is 13.5. The number of benzene rings is 1. The Hall–Kier alpha value is -3.00. The molecule has 0 atom stereocenters. The van der Waals surface area contributed by atoms with Crippen molar-refractivity contribution in [2.75, 3.05) is 0 Å². The first-order valence-electron chi connectivity index (χ1n) is 6.11. The minimum absolute atomic E-state index is 0.653. The van der Waals surface area contributed by atoms with E-state index in [4.69, 9.17) is 5.26 Å². The Bertz CT molecular complexity index is 767. The van der Waals surface area contributed by atoms with Gasteiger partial charge in [-0.1, -0.05) is 12.1 Å². The Balaban J connectivity index is 2.00. The topological polar surface area (TPSA) is 67.4 Å². The van der Waals surface area contributed by atoms with Crippen molar-refractivity contribution in [2.24, 2.45) is 0 Å². The lowest BCUT2D eigenvalue weighted by atomic mass is 10.0. The summed E-state index contributed by atoms with van der Waals surface area (Å²) < 4.78 is 1.76. The third-order valence-corrected chi connectivity index (χ3v) is 3.08. The molecule has 2 aromatic heterocycles. The van der Waals surface area contributed by atoms with Crippen LogP contribution in [0.4, 0.5) is 0 Å². The molecule has 3 rings (SSSR count). The Labute approximate surface area is 116 Å². The Kier molecular flexibility index (Phi) is 2.98. The van der Waals surface area contributed by atoms with E-state index in [0.29, 0.717) is 5.56 Å². The van der Waals surface area contributed by atoms with Gasteiger partial charge in [0.2, 0.25) is 0 Å². The molecule has 0 aliphatic rings. The first-order chi connectivity index (χ1) is 9.78. The van der Waals surface area contributed by atoms with E-state index in [2.05, 4.69) is 21.3 Å². The third kappa shape index (κ3) is 2.15. The van der Waals surface area contributed by atoms with Gasteiger partial charge >= 0.3 is 0 Å². The maximum atomic E-state index is 8.82. The number of aryl methyl sites for hydroxylation is 1. The lowest BCUT2D eigenvalue weighted by Crippen LogP contribution is -1.97. The average Bonchev–Trinajstić information content (AvgIpc) is 3.01. The molecule has 96 valence electrons. The molecule has 5 heteroatoms. The first kappa shape index (κ1) is 12.1. The van der Waals surface area contributed by atoms with Gasteiger partial charge in [-0.15, -0.1) is 10.2 Å². The fourth-order valence-electron chi connectivity index (χ4n) is 2.04. The van der Waals surface area contributed by atoms with Crippen LogP contribution in [0.5, 0.6) is 0 Å². The van der Waals surface area contributed by atoms with Crippen molar-refractivity contribution in [3.05, 3.63) is 60.3 Å². The fraction of sp³-hybridized carbons (Fsp3) is 0.0667. The second kappa shape index (κ2) is 4.94. The predicted octanol–water partition coefficient (Wildman–Crippen LogP) is 2.51. The number of nitrogens with zero attached hydrogens (tertiary/aromatic N) is 5. The molecule has 0 radical (unpaired) electrons. The van der Waals surface area contributed by atoms with Gasteiger partial charge in [0, 0.05) is 11.3 Å². The van der Waals surface area contributed by atoms with Crippen molar-refractivity contribution in [1.29, 1.82) is 5.26 Å². The number of nitriles is 1. The second-order valence-corrected chi connectivity index (χ2v) is 4.36. The van der Waals surface area contributed by atoms with E-state index in [1.54, 1.807) is 17.2 Å². The molecule has 0 bridgehead atoms. The molecule has 0 saturated heterocycles. The molecule has 3 aromatic rings. The van der Waals surface area contributed by atoms with Crippen LogP contribution in [0.2, 0.25) is 0 Å². The highest BCUT2D eigenvalue weighted by molar-refractivity contribution is 5.67. The number of hydrogen-bond acceptors (Lipinski definition) is 4. The van der Waals surface area contributed by atoms with Crippen LogP contribution < -0.4 is 0 Å². The highest BCUT2D eigenvalue weighted by Gasteiger charge is 2.06. The van der Waals surface area contributed by atoms with E-state index in [1.165, 1.54) is 0 Å². The van der Waals surface area contributed by atoms with Crippen molar-refractivity contribution in [2.45, 2.75) is 6.92 Å². The van der Waals surface area contributed by atoms with Crippen LogP contribution in [0.3, 0.4) is 0 Å². The van der Waals surface area contributed by atoms with Gasteiger partial charge in [-0.2, -0.15) is 5.26 Å². The highest BCUT2D eigenvalue weighted by atomic mass is 15.2. The molecular formula is C15H11N5. The van der Waals surface area contributed by atoms with Gasteiger partial charge in [0.25, 0.3) is 0 Å². The molecule has 0 amide bonds. The van der Waals surface area contributed by atoms with E-state index < -0.39 is 0 Å². The van der Waals surface area contributed by atoms with Crippen molar-refractivity contribution < 1.29 is 0 Å². The molecule has 20 heavy (non-hydrogen) atoms. The zero-order valence-corrected chi connectivity index (χ0v) is 10.9. The Morgan fingerprint density at radius 1 is 1.00 bits per heavy atom. The van der Waals surface area contributed by atoms with E-state index in [-0.39, 0.29) is 0 Å². The van der Waals surface area contributed by atoms with Crippen molar-refractivity contribution >= 4 is 0 Å². The van der Waals surface area contributed by atoms with E-state index in [0.717, 1.165) is 22.6 Å². The van der Waals surface area contributed by atoms with Crippen molar-refractivity contribution in [3.8, 4) is 23.0 Å². The Morgan fingerprint density at radius 3 is 2.30 bits per heavy atom. The quantitative estimate of drug-likeness (QED) is 0.710. The first-order valence-corrected chi connectivity index (χ1v) is 6.11. The minimum Gasteiger partial charge on any atom is -0.272 e. The maximum Gasteiger partial charge on any atom is 0.139 e. The van der Waals surface area contributed by atoms with Crippen LogP contribution in [0.1, 0.15) is 11.3 Å². The molecule has 0 aliphatic carbocycles. The summed E-state index contributed by atoms with van der Waals surface area (Å²) in [5.41, 5.74) is 3.66. The maximum absolute atomic E-state index is 8.82. The third-order valence-electron chi connectivity index (χ3n) is 3.08. The predicted molar refractivity (Wildman–Crippen MR) is 74.0 cm³/mol. The molecule has 1 aromatic carbocycles. The normalized spacial score (nSPS) is 10.2. The summed E-state index contributed by atoms with van der Waals surface area (Å²) in [5.74, 6) is 0.782. The SMILES string of the molecule is Cc1nc(-n2cnnc2)ccc1-c1ccc(C#N)cc1. The standard InChI is InChI=1S/C15H11N5/c1-11-14(13-4-2-12(8-16)3-5-13)6-7-15(19-11)20-9-17-18-10-20/h2-7,9-10H,1H3. The van der Waals surface area contributed by atoms with E-state index in [1.807, 2.05) is 43.3 Å². The van der Waals surface area contributed by atoms with Crippen LogP contribution >= 0.6 is 0 Å². The fourth-order valence-corrected chi connectivity index (χ4v) is 2.04. The van der Waals surface area contributed by atoms with Gasteiger partial charge in [0.1, 0.15) is 18.5 Å². The largest absolute Gasteiger partial charge is 0.272 e. The van der Waals surface area contributed by atoms with Crippen LogP contribution in [-0.4, -0.2) is 19.7 Å². The van der Waals surface area contributed by atoms with Crippen LogP contribution in [-0.2, 0) is 0 Å².